The third-order valence-corrected chi connectivity index (χ3v) is 9.42. The van der Waals surface area contributed by atoms with Crippen molar-refractivity contribution >= 4 is 49.1 Å². The standard InChI is InChI=1S/C44H27N5/c1-3-15-32-28(11-1)13-9-18-34(32)39-27-38(46-44(47-39)35-19-10-14-29-12-2-4-16-33(29)35)30-22-24-31(25-23-30)41-43-42(36-17-5-6-20-37(36)45-41)48-40-21-7-8-26-49(40)43/h1-27H. The van der Waals surface area contributed by atoms with Crippen LogP contribution in [-0.2, 0) is 0 Å². The van der Waals surface area contributed by atoms with E-state index < -0.39 is 0 Å². The van der Waals surface area contributed by atoms with Gasteiger partial charge in [0.15, 0.2) is 5.82 Å². The highest BCUT2D eigenvalue weighted by Crippen LogP contribution is 2.36. The zero-order valence-electron chi connectivity index (χ0n) is 26.3. The van der Waals surface area contributed by atoms with Gasteiger partial charge in [-0.3, -0.25) is 4.40 Å². The first kappa shape index (κ1) is 27.4. The van der Waals surface area contributed by atoms with Gasteiger partial charge in [-0.05, 0) is 45.8 Å². The van der Waals surface area contributed by atoms with Crippen LogP contribution in [0.4, 0.5) is 0 Å². The number of aromatic nitrogens is 5. The van der Waals surface area contributed by atoms with Crippen LogP contribution in [0.3, 0.4) is 0 Å². The summed E-state index contributed by atoms with van der Waals surface area (Å²) in [5, 5.41) is 5.67. The fourth-order valence-electron chi connectivity index (χ4n) is 7.08. The van der Waals surface area contributed by atoms with Crippen molar-refractivity contribution in [1.29, 1.82) is 0 Å². The van der Waals surface area contributed by atoms with Gasteiger partial charge in [-0.2, -0.15) is 0 Å². The van der Waals surface area contributed by atoms with Gasteiger partial charge in [-0.25, -0.2) is 19.9 Å². The van der Waals surface area contributed by atoms with Crippen LogP contribution < -0.4 is 0 Å². The maximum Gasteiger partial charge on any atom is 0.161 e. The van der Waals surface area contributed by atoms with Gasteiger partial charge in [0.25, 0.3) is 0 Å². The van der Waals surface area contributed by atoms with Crippen molar-refractivity contribution in [3.8, 4) is 45.2 Å². The number of para-hydroxylation sites is 1. The molecule has 0 aliphatic carbocycles. The Morgan fingerprint density at radius 2 is 1.04 bits per heavy atom. The van der Waals surface area contributed by atoms with Crippen LogP contribution in [0, 0.1) is 0 Å². The molecule has 4 aromatic heterocycles. The number of benzene rings is 6. The molecule has 10 rings (SSSR count). The van der Waals surface area contributed by atoms with E-state index in [1.54, 1.807) is 0 Å². The van der Waals surface area contributed by atoms with E-state index in [0.717, 1.165) is 83.1 Å². The van der Waals surface area contributed by atoms with Crippen LogP contribution in [0.2, 0.25) is 0 Å². The summed E-state index contributed by atoms with van der Waals surface area (Å²) in [5.41, 5.74) is 10.5. The summed E-state index contributed by atoms with van der Waals surface area (Å²) in [6.07, 6.45) is 2.06. The Labute approximate surface area is 281 Å². The summed E-state index contributed by atoms with van der Waals surface area (Å²) in [6.45, 7) is 0. The molecule has 0 spiro atoms. The van der Waals surface area contributed by atoms with Crippen molar-refractivity contribution in [2.75, 3.05) is 0 Å². The third kappa shape index (κ3) is 4.48. The quantitative estimate of drug-likeness (QED) is 0.195. The smallest absolute Gasteiger partial charge is 0.161 e. The van der Waals surface area contributed by atoms with Crippen molar-refractivity contribution in [2.45, 2.75) is 0 Å². The molecular weight excluding hydrogens is 599 g/mol. The molecule has 5 heteroatoms. The van der Waals surface area contributed by atoms with Crippen molar-refractivity contribution < 1.29 is 0 Å². The van der Waals surface area contributed by atoms with Crippen LogP contribution in [-0.4, -0.2) is 24.3 Å². The number of rotatable bonds is 4. The fourth-order valence-corrected chi connectivity index (χ4v) is 7.08. The van der Waals surface area contributed by atoms with Crippen LogP contribution >= 0.6 is 0 Å². The Morgan fingerprint density at radius 1 is 0.429 bits per heavy atom. The highest BCUT2D eigenvalue weighted by atomic mass is 15.0. The number of hydrogen-bond donors (Lipinski definition) is 0. The van der Waals surface area contributed by atoms with Crippen LogP contribution in [0.25, 0.3) is 94.3 Å². The lowest BCUT2D eigenvalue weighted by molar-refractivity contribution is 1.19. The molecule has 0 bridgehead atoms. The van der Waals surface area contributed by atoms with Crippen molar-refractivity contribution in [3.05, 3.63) is 164 Å². The minimum Gasteiger partial charge on any atom is -0.298 e. The molecule has 0 aliphatic heterocycles. The van der Waals surface area contributed by atoms with E-state index in [9.17, 15) is 0 Å². The van der Waals surface area contributed by atoms with Gasteiger partial charge in [0.2, 0.25) is 0 Å². The highest BCUT2D eigenvalue weighted by molar-refractivity contribution is 6.09. The van der Waals surface area contributed by atoms with Gasteiger partial charge in [0.1, 0.15) is 11.2 Å². The predicted molar refractivity (Wildman–Crippen MR) is 200 cm³/mol. The van der Waals surface area contributed by atoms with E-state index in [-0.39, 0.29) is 0 Å². The number of nitrogens with zero attached hydrogens (tertiary/aromatic N) is 5. The average molecular weight is 626 g/mol. The van der Waals surface area contributed by atoms with Crippen molar-refractivity contribution in [1.82, 2.24) is 24.3 Å². The minimum absolute atomic E-state index is 0.699. The van der Waals surface area contributed by atoms with Gasteiger partial charge in [-0.1, -0.05) is 133 Å². The van der Waals surface area contributed by atoms with E-state index >= 15 is 0 Å². The van der Waals surface area contributed by atoms with Gasteiger partial charge in [0, 0.05) is 33.8 Å². The first-order valence-electron chi connectivity index (χ1n) is 16.4. The number of hydrogen-bond acceptors (Lipinski definition) is 4. The summed E-state index contributed by atoms with van der Waals surface area (Å²) >= 11 is 0. The zero-order valence-corrected chi connectivity index (χ0v) is 26.3. The lowest BCUT2D eigenvalue weighted by Crippen LogP contribution is -1.97. The molecule has 0 aliphatic rings. The zero-order chi connectivity index (χ0) is 32.3. The average Bonchev–Trinajstić information content (AvgIpc) is 3.57. The predicted octanol–water partition coefficient (Wildman–Crippen LogP) is 10.8. The van der Waals surface area contributed by atoms with E-state index in [1.807, 2.05) is 30.3 Å². The largest absolute Gasteiger partial charge is 0.298 e. The second kappa shape index (κ2) is 10.9. The summed E-state index contributed by atoms with van der Waals surface area (Å²) in [4.78, 5) is 20.6. The highest BCUT2D eigenvalue weighted by Gasteiger charge is 2.18. The first-order valence-corrected chi connectivity index (χ1v) is 16.4. The van der Waals surface area contributed by atoms with Gasteiger partial charge in [-0.15, -0.1) is 0 Å². The Kier molecular flexibility index (Phi) is 6.11. The minimum atomic E-state index is 0.699. The molecular formula is C44H27N5. The lowest BCUT2D eigenvalue weighted by Gasteiger charge is -2.13. The first-order chi connectivity index (χ1) is 24.3. The summed E-state index contributed by atoms with van der Waals surface area (Å²) in [5.74, 6) is 0.699. The summed E-state index contributed by atoms with van der Waals surface area (Å²) in [7, 11) is 0. The normalized spacial score (nSPS) is 11.7. The third-order valence-electron chi connectivity index (χ3n) is 9.42. The Bertz CT molecular complexity index is 2780. The van der Waals surface area contributed by atoms with Crippen LogP contribution in [0.1, 0.15) is 0 Å². The lowest BCUT2D eigenvalue weighted by atomic mass is 9.99. The second-order valence-electron chi connectivity index (χ2n) is 12.3. The molecule has 5 nitrogen and oxygen atoms in total. The van der Waals surface area contributed by atoms with Crippen LogP contribution in [0.5, 0.6) is 0 Å². The topological polar surface area (TPSA) is 56.0 Å². The molecule has 6 aromatic carbocycles. The molecule has 0 radical (unpaired) electrons. The number of fused-ring (bicyclic) bond motifs is 7. The summed E-state index contributed by atoms with van der Waals surface area (Å²) < 4.78 is 2.13. The maximum absolute atomic E-state index is 5.22. The molecule has 0 atom stereocenters. The number of imidazole rings is 1. The molecule has 4 heterocycles. The van der Waals surface area contributed by atoms with Crippen LogP contribution in [0.15, 0.2) is 164 Å². The molecule has 0 amide bonds. The molecule has 0 unspecified atom stereocenters. The molecule has 0 saturated carbocycles. The molecule has 0 saturated heterocycles. The van der Waals surface area contributed by atoms with E-state index in [1.165, 1.54) is 5.39 Å². The van der Waals surface area contributed by atoms with Crippen molar-refractivity contribution in [2.24, 2.45) is 0 Å². The Hall–Kier alpha value is -6.72. The van der Waals surface area contributed by atoms with Gasteiger partial charge in [0.05, 0.1) is 28.1 Å². The Morgan fingerprint density at radius 3 is 1.84 bits per heavy atom. The molecule has 49 heavy (non-hydrogen) atoms. The molecule has 228 valence electrons. The SMILES string of the molecule is c1ccc2c(-c3cc(-c4ccc(-c5nc6ccccc6c6nc7ccccn7c56)cc4)nc(-c4cccc5ccccc45)n3)cccc2c1. The number of pyridine rings is 2. The van der Waals surface area contributed by atoms with E-state index in [0.29, 0.717) is 5.82 Å². The van der Waals surface area contributed by atoms with E-state index in [4.69, 9.17) is 19.9 Å². The second-order valence-corrected chi connectivity index (χ2v) is 12.3. The Balaban J connectivity index is 1.17. The fraction of sp³-hybridized carbons (Fsp3) is 0. The van der Waals surface area contributed by atoms with E-state index in [2.05, 4.69) is 138 Å². The van der Waals surface area contributed by atoms with Gasteiger partial charge < -0.3 is 0 Å². The van der Waals surface area contributed by atoms with Crippen molar-refractivity contribution in [3.63, 3.8) is 0 Å². The molecule has 10 aromatic rings. The maximum atomic E-state index is 5.22. The molecule has 0 N–H and O–H groups in total. The monoisotopic (exact) mass is 625 g/mol. The molecule has 0 fully saturated rings. The summed E-state index contributed by atoms with van der Waals surface area (Å²) in [6, 6.07) is 54.6. The van der Waals surface area contributed by atoms with Gasteiger partial charge >= 0.3 is 0 Å².